The topological polar surface area (TPSA) is 158 Å². The Morgan fingerprint density at radius 2 is 1.82 bits per heavy atom. The number of hydrogen-bond acceptors (Lipinski definition) is 11. The van der Waals surface area contributed by atoms with E-state index in [4.69, 9.17) is 24.3 Å². The van der Waals surface area contributed by atoms with Gasteiger partial charge in [-0.1, -0.05) is 43.3 Å². The van der Waals surface area contributed by atoms with E-state index in [0.717, 1.165) is 55.2 Å². The first-order valence-electron chi connectivity index (χ1n) is 20.3. The highest BCUT2D eigenvalue weighted by atomic mass is 19.4. The van der Waals surface area contributed by atoms with E-state index in [1.54, 1.807) is 16.4 Å². The number of halogens is 3. The van der Waals surface area contributed by atoms with Crippen LogP contribution in [-0.4, -0.2) is 91.3 Å². The number of aromatic nitrogens is 6. The molecule has 15 nitrogen and oxygen atoms in total. The second-order valence-corrected chi connectivity index (χ2v) is 15.4. The second-order valence-electron chi connectivity index (χ2n) is 15.4. The molecule has 0 bridgehead atoms. The maximum absolute atomic E-state index is 14.6. The Morgan fingerprint density at radius 1 is 1.03 bits per heavy atom. The monoisotopic (exact) mass is 841 g/mol. The molecule has 320 valence electrons. The average Bonchev–Trinajstić information content (AvgIpc) is 3.92. The van der Waals surface area contributed by atoms with Crippen LogP contribution in [0, 0.1) is 6.92 Å². The first-order chi connectivity index (χ1) is 29.4. The lowest BCUT2D eigenvalue weighted by Gasteiger charge is -2.36. The largest absolute Gasteiger partial charge is 0.495 e. The van der Waals surface area contributed by atoms with Crippen molar-refractivity contribution in [3.05, 3.63) is 105 Å². The number of nitrogens with one attached hydrogen (secondary N) is 1. The Morgan fingerprint density at radius 3 is 2.49 bits per heavy atom. The van der Waals surface area contributed by atoms with E-state index in [-0.39, 0.29) is 73.7 Å². The molecule has 2 saturated heterocycles. The quantitative estimate of drug-likeness (QED) is 0.170. The SMILES string of the molecule is CCc1c(N2CCN(C(=O)c3ncnc(C)c3OCc3ccccc3)CC2)c(=O)n2nc(C3=CCC4(CCCO4)CC3)nc2n1CC(=O)Nc1ccc(C(F)(F)F)cc1OC. The zero-order valence-electron chi connectivity index (χ0n) is 34.1. The standard InChI is InChI=1S/C43H46F3N9O6/c1-4-32-36(52-18-20-53(21-19-52)39(57)35-37(27(2)47-26-48-35)60-25-28-9-6-5-7-10-28)40(58)55-41(50-38(51-55)29-13-16-42(17-14-29)15-8-22-61-42)54(32)24-34(56)49-31-12-11-30(43(44,45)46)23-33(31)59-3/h5-7,9-13,23,26H,4,8,14-22,24-25H2,1-3H3,(H,49,56). The first-order valence-corrected chi connectivity index (χ1v) is 20.3. The normalized spacial score (nSPS) is 18.1. The summed E-state index contributed by atoms with van der Waals surface area (Å²) in [5.74, 6) is -0.283. The molecule has 1 spiro atoms. The van der Waals surface area contributed by atoms with Crippen LogP contribution in [0.1, 0.15) is 77.9 Å². The maximum Gasteiger partial charge on any atom is 0.416 e. The van der Waals surface area contributed by atoms with Crippen molar-refractivity contribution in [1.29, 1.82) is 0 Å². The fourth-order valence-electron chi connectivity index (χ4n) is 8.36. The summed E-state index contributed by atoms with van der Waals surface area (Å²) in [5.41, 5.74) is 1.76. The molecule has 8 rings (SSSR count). The first kappa shape index (κ1) is 41.4. The van der Waals surface area contributed by atoms with Crippen LogP contribution < -0.4 is 25.2 Å². The molecule has 18 heteroatoms. The van der Waals surface area contributed by atoms with Gasteiger partial charge in [0, 0.05) is 32.8 Å². The van der Waals surface area contributed by atoms with Crippen molar-refractivity contribution >= 4 is 34.5 Å². The molecule has 2 aromatic carbocycles. The lowest BCUT2D eigenvalue weighted by molar-refractivity contribution is -0.137. The van der Waals surface area contributed by atoms with Gasteiger partial charge in [-0.15, -0.1) is 5.10 Å². The Hall–Kier alpha value is -6.30. The van der Waals surface area contributed by atoms with E-state index in [9.17, 15) is 27.6 Å². The van der Waals surface area contributed by atoms with Gasteiger partial charge in [-0.05, 0) is 74.8 Å². The van der Waals surface area contributed by atoms with Crippen molar-refractivity contribution in [3.8, 4) is 11.5 Å². The number of nitrogens with zero attached hydrogens (tertiary/aromatic N) is 8. The molecule has 1 N–H and O–H groups in total. The van der Waals surface area contributed by atoms with Crippen molar-refractivity contribution < 1.29 is 37.0 Å². The van der Waals surface area contributed by atoms with Crippen LogP contribution in [0.3, 0.4) is 0 Å². The summed E-state index contributed by atoms with van der Waals surface area (Å²) in [6.45, 7) is 5.25. The number of hydrogen-bond donors (Lipinski definition) is 1. The minimum Gasteiger partial charge on any atom is -0.495 e. The van der Waals surface area contributed by atoms with Gasteiger partial charge in [-0.3, -0.25) is 14.4 Å². The maximum atomic E-state index is 14.6. The number of carbonyl (C=O) groups is 2. The number of carbonyl (C=O) groups excluding carboxylic acids is 2. The van der Waals surface area contributed by atoms with Gasteiger partial charge in [0.1, 0.15) is 30.9 Å². The van der Waals surface area contributed by atoms with E-state index in [2.05, 4.69) is 21.4 Å². The third-order valence-corrected chi connectivity index (χ3v) is 11.6. The van der Waals surface area contributed by atoms with Gasteiger partial charge >= 0.3 is 6.18 Å². The molecule has 2 amide bonds. The number of anilines is 2. The van der Waals surface area contributed by atoms with Gasteiger partial charge in [-0.2, -0.15) is 22.7 Å². The van der Waals surface area contributed by atoms with Crippen LogP contribution in [0.25, 0.3) is 11.4 Å². The minimum atomic E-state index is -4.61. The van der Waals surface area contributed by atoms with Gasteiger partial charge in [0.25, 0.3) is 11.5 Å². The van der Waals surface area contributed by atoms with E-state index in [1.165, 1.54) is 18.0 Å². The summed E-state index contributed by atoms with van der Waals surface area (Å²) in [4.78, 5) is 59.4. The third-order valence-electron chi connectivity index (χ3n) is 11.6. The van der Waals surface area contributed by atoms with E-state index < -0.39 is 23.2 Å². The second kappa shape index (κ2) is 17.0. The minimum absolute atomic E-state index is 0.0432. The highest BCUT2D eigenvalue weighted by Crippen LogP contribution is 2.41. The number of fused-ring (bicyclic) bond motifs is 1. The van der Waals surface area contributed by atoms with E-state index in [0.29, 0.717) is 47.9 Å². The third kappa shape index (κ3) is 8.40. The van der Waals surface area contributed by atoms with Crippen LogP contribution in [0.2, 0.25) is 0 Å². The van der Waals surface area contributed by atoms with Crippen LogP contribution in [0.15, 0.2) is 65.7 Å². The number of rotatable bonds is 11. The molecule has 1 atom stereocenters. The molecule has 0 saturated carbocycles. The van der Waals surface area contributed by atoms with Gasteiger partial charge in [-0.25, -0.2) is 9.97 Å². The molecular formula is C43H46F3N9O6. The highest BCUT2D eigenvalue weighted by molar-refractivity contribution is 5.95. The number of aryl methyl sites for hydroxylation is 1. The van der Waals surface area contributed by atoms with Gasteiger partial charge in [0.15, 0.2) is 17.3 Å². The summed E-state index contributed by atoms with van der Waals surface area (Å²) in [7, 11) is 1.22. The van der Waals surface area contributed by atoms with Crippen molar-refractivity contribution in [2.75, 3.05) is 50.1 Å². The lowest BCUT2D eigenvalue weighted by Crippen LogP contribution is -2.51. The van der Waals surface area contributed by atoms with Crippen LogP contribution in [0.4, 0.5) is 24.5 Å². The summed E-state index contributed by atoms with van der Waals surface area (Å²) < 4.78 is 60.7. The zero-order valence-corrected chi connectivity index (χ0v) is 34.1. The van der Waals surface area contributed by atoms with Crippen LogP contribution >= 0.6 is 0 Å². The molecule has 0 radical (unpaired) electrons. The van der Waals surface area contributed by atoms with Crippen molar-refractivity contribution in [2.45, 2.75) is 77.3 Å². The molecule has 2 fully saturated rings. The number of piperazine rings is 1. The average molecular weight is 842 g/mol. The molecule has 61 heavy (non-hydrogen) atoms. The predicted octanol–water partition coefficient (Wildman–Crippen LogP) is 5.88. The van der Waals surface area contributed by atoms with Crippen LogP contribution in [-0.2, 0) is 35.3 Å². The number of alkyl halides is 3. The summed E-state index contributed by atoms with van der Waals surface area (Å²) in [6, 6.07) is 12.4. The van der Waals surface area contributed by atoms with Gasteiger partial charge in [0.2, 0.25) is 11.7 Å². The smallest absolute Gasteiger partial charge is 0.416 e. The van der Waals surface area contributed by atoms with Gasteiger partial charge in [0.05, 0.1) is 35.3 Å². The lowest BCUT2D eigenvalue weighted by atomic mass is 9.83. The van der Waals surface area contributed by atoms with Gasteiger partial charge < -0.3 is 33.9 Å². The molecule has 1 aliphatic carbocycles. The summed E-state index contributed by atoms with van der Waals surface area (Å²) >= 11 is 0. The highest BCUT2D eigenvalue weighted by Gasteiger charge is 2.38. The number of allylic oxidation sites excluding steroid dienone is 1. The number of ether oxygens (including phenoxy) is 3. The van der Waals surface area contributed by atoms with E-state index in [1.807, 2.05) is 42.2 Å². The molecule has 1 unspecified atom stereocenters. The van der Waals surface area contributed by atoms with Crippen LogP contribution in [0.5, 0.6) is 11.5 Å². The van der Waals surface area contributed by atoms with Crippen molar-refractivity contribution in [3.63, 3.8) is 0 Å². The molecule has 3 aliphatic rings. The molecule has 5 heterocycles. The van der Waals surface area contributed by atoms with Crippen molar-refractivity contribution in [1.82, 2.24) is 34.0 Å². The van der Waals surface area contributed by atoms with E-state index >= 15 is 0 Å². The number of amides is 2. The fourth-order valence-corrected chi connectivity index (χ4v) is 8.36. The molecule has 2 aliphatic heterocycles. The Labute approximate surface area is 349 Å². The molecule has 5 aromatic rings. The Kier molecular flexibility index (Phi) is 11.5. The molecular weight excluding hydrogens is 796 g/mol. The molecule has 3 aromatic heterocycles. The predicted molar refractivity (Wildman–Crippen MR) is 219 cm³/mol. The number of benzene rings is 2. The van der Waals surface area contributed by atoms with Crippen molar-refractivity contribution in [2.24, 2.45) is 0 Å². The summed E-state index contributed by atoms with van der Waals surface area (Å²) in [5, 5.41) is 7.40. The number of methoxy groups -OCH3 is 1. The Bertz CT molecular complexity index is 2540. The summed E-state index contributed by atoms with van der Waals surface area (Å²) in [6.07, 6.45) is 3.21. The fraction of sp³-hybridized carbons (Fsp3) is 0.419. The Balaban J connectivity index is 1.10. The zero-order chi connectivity index (χ0) is 42.9.